The van der Waals surface area contributed by atoms with E-state index in [0.717, 1.165) is 30.7 Å². The van der Waals surface area contributed by atoms with Crippen molar-refractivity contribution >= 4 is 11.3 Å². The summed E-state index contributed by atoms with van der Waals surface area (Å²) in [5, 5.41) is 19.4. The van der Waals surface area contributed by atoms with Crippen molar-refractivity contribution in [3.05, 3.63) is 35.0 Å². The fourth-order valence-corrected chi connectivity index (χ4v) is 5.15. The molecule has 2 aliphatic heterocycles. The monoisotopic (exact) mass is 444 g/mol. The molecular weight excluding hydrogens is 423 g/mol. The molecule has 2 bridgehead atoms. The number of hydrogen-bond acceptors (Lipinski definition) is 9. The number of aromatic nitrogens is 5. The van der Waals surface area contributed by atoms with E-state index in [9.17, 15) is 14.3 Å². The molecule has 9 nitrogen and oxygen atoms in total. The lowest BCUT2D eigenvalue weighted by molar-refractivity contribution is -0.0877. The molecule has 162 valence electrons. The van der Waals surface area contributed by atoms with E-state index in [1.807, 2.05) is 7.05 Å². The number of rotatable bonds is 4. The van der Waals surface area contributed by atoms with Crippen molar-refractivity contribution in [3.63, 3.8) is 0 Å². The third-order valence-corrected chi connectivity index (χ3v) is 6.90. The number of fused-ring (bicyclic) bond motifs is 3. The van der Waals surface area contributed by atoms with Crippen LogP contribution in [0.5, 0.6) is 10.9 Å². The molecule has 31 heavy (non-hydrogen) atoms. The van der Waals surface area contributed by atoms with Gasteiger partial charge in [-0.05, 0) is 32.0 Å². The average Bonchev–Trinajstić information content (AvgIpc) is 3.21. The second-order valence-electron chi connectivity index (χ2n) is 8.05. The summed E-state index contributed by atoms with van der Waals surface area (Å²) in [7, 11) is 3.51. The van der Waals surface area contributed by atoms with Gasteiger partial charge in [0.2, 0.25) is 0 Å². The zero-order valence-electron chi connectivity index (χ0n) is 17.0. The van der Waals surface area contributed by atoms with Crippen molar-refractivity contribution < 1.29 is 14.2 Å². The van der Waals surface area contributed by atoms with Gasteiger partial charge in [0.05, 0.1) is 5.56 Å². The topological polar surface area (TPSA) is 106 Å². The first-order chi connectivity index (χ1) is 14.9. The van der Waals surface area contributed by atoms with Crippen LogP contribution in [0.25, 0.3) is 22.0 Å². The van der Waals surface area contributed by atoms with Crippen LogP contribution in [-0.2, 0) is 7.05 Å². The molecule has 0 radical (unpaired) electrons. The van der Waals surface area contributed by atoms with Crippen LogP contribution in [0.4, 0.5) is 4.39 Å². The highest BCUT2D eigenvalue weighted by molar-refractivity contribution is 7.16. The van der Waals surface area contributed by atoms with E-state index >= 15 is 0 Å². The molecule has 11 heteroatoms. The molecule has 6 rings (SSSR count). The van der Waals surface area contributed by atoms with E-state index in [1.165, 1.54) is 17.0 Å². The van der Waals surface area contributed by atoms with Crippen LogP contribution in [0.2, 0.25) is 0 Å². The normalized spacial score (nSPS) is 25.6. The summed E-state index contributed by atoms with van der Waals surface area (Å²) in [6.45, 7) is 0.814. The fraction of sp³-hybridized carbons (Fsp3) is 0.450. The predicted octanol–water partition coefficient (Wildman–Crippen LogP) is 1.88. The first kappa shape index (κ1) is 20.0. The molecule has 4 heterocycles. The van der Waals surface area contributed by atoms with Gasteiger partial charge < -0.3 is 9.84 Å². The Balaban J connectivity index is 1.36. The zero-order chi connectivity index (χ0) is 21.7. The second-order valence-corrected chi connectivity index (χ2v) is 8.99. The lowest BCUT2D eigenvalue weighted by atomic mass is 9.76. The Morgan fingerprint density at radius 3 is 2.81 bits per heavy atom. The van der Waals surface area contributed by atoms with E-state index in [1.54, 1.807) is 19.2 Å². The van der Waals surface area contributed by atoms with Gasteiger partial charge in [0.25, 0.3) is 5.19 Å². The molecule has 1 aliphatic carbocycles. The van der Waals surface area contributed by atoms with Crippen LogP contribution >= 0.6 is 11.3 Å². The smallest absolute Gasteiger partial charge is 0.350 e. The minimum Gasteiger partial charge on any atom is -0.507 e. The average molecular weight is 444 g/mol. The molecule has 2 saturated heterocycles. The molecule has 0 spiro atoms. The summed E-state index contributed by atoms with van der Waals surface area (Å²) in [6.07, 6.45) is 1.58. The van der Waals surface area contributed by atoms with Crippen molar-refractivity contribution in [3.8, 4) is 32.9 Å². The zero-order valence-corrected chi connectivity index (χ0v) is 17.8. The minimum atomic E-state index is -1.06. The van der Waals surface area contributed by atoms with Gasteiger partial charge in [-0.3, -0.25) is 9.47 Å². The third-order valence-electron chi connectivity index (χ3n) is 6.05. The highest BCUT2D eigenvalue weighted by Gasteiger charge is 2.48. The molecule has 4 atom stereocenters. The van der Waals surface area contributed by atoms with E-state index < -0.39 is 18.0 Å². The Labute approximate surface area is 181 Å². The number of piperidine rings is 2. The fourth-order valence-electron chi connectivity index (χ4n) is 4.37. The highest BCUT2D eigenvalue weighted by atomic mass is 32.1. The van der Waals surface area contributed by atoms with Gasteiger partial charge in [0.15, 0.2) is 17.0 Å². The highest BCUT2D eigenvalue weighted by Crippen LogP contribution is 2.41. The van der Waals surface area contributed by atoms with Crippen LogP contribution < -0.4 is 10.4 Å². The Morgan fingerprint density at radius 1 is 1.26 bits per heavy atom. The summed E-state index contributed by atoms with van der Waals surface area (Å²) in [4.78, 5) is 21.8. The Morgan fingerprint density at radius 2 is 2.10 bits per heavy atom. The van der Waals surface area contributed by atoms with Crippen LogP contribution in [0.1, 0.15) is 12.8 Å². The number of alkyl halides is 1. The Hall–Kier alpha value is -2.92. The number of aryl methyl sites for hydroxylation is 1. The maximum Gasteiger partial charge on any atom is 0.350 e. The van der Waals surface area contributed by atoms with Crippen molar-refractivity contribution in [1.82, 2.24) is 29.6 Å². The van der Waals surface area contributed by atoms with Crippen LogP contribution in [0, 0.1) is 5.92 Å². The molecule has 2 aromatic heterocycles. The number of aromatic hydroxyl groups is 1. The summed E-state index contributed by atoms with van der Waals surface area (Å²) < 4.78 is 22.0. The second kappa shape index (κ2) is 7.65. The summed E-state index contributed by atoms with van der Waals surface area (Å²) in [5.41, 5.74) is 0.525. The maximum atomic E-state index is 14.8. The van der Waals surface area contributed by atoms with Crippen molar-refractivity contribution in [2.45, 2.75) is 31.2 Å². The lowest BCUT2D eigenvalue weighted by Gasteiger charge is -2.49. The van der Waals surface area contributed by atoms with Gasteiger partial charge in [0, 0.05) is 31.1 Å². The van der Waals surface area contributed by atoms with Gasteiger partial charge in [-0.15, -0.1) is 5.10 Å². The van der Waals surface area contributed by atoms with Gasteiger partial charge >= 0.3 is 5.69 Å². The molecule has 1 saturated carbocycles. The number of phenols is 1. The summed E-state index contributed by atoms with van der Waals surface area (Å²) >= 11 is 1.16. The minimum absolute atomic E-state index is 0.0498. The molecule has 3 fully saturated rings. The molecule has 1 N–H and O–H groups in total. The molecule has 3 aliphatic rings. The first-order valence-electron chi connectivity index (χ1n) is 9.98. The molecular formula is C20H21FN6O3S. The summed E-state index contributed by atoms with van der Waals surface area (Å²) in [6, 6.07) is 4.71. The van der Waals surface area contributed by atoms with Crippen LogP contribution in [-0.4, -0.2) is 66.6 Å². The van der Waals surface area contributed by atoms with Crippen molar-refractivity contribution in [2.75, 3.05) is 13.6 Å². The van der Waals surface area contributed by atoms with E-state index in [4.69, 9.17) is 4.74 Å². The largest absolute Gasteiger partial charge is 0.507 e. The quantitative estimate of drug-likeness (QED) is 0.650. The Kier molecular flexibility index (Phi) is 4.94. The number of nitrogens with zero attached hydrogens (tertiary/aromatic N) is 6. The number of ether oxygens (including phenoxy) is 1. The van der Waals surface area contributed by atoms with E-state index in [2.05, 4.69) is 25.1 Å². The van der Waals surface area contributed by atoms with Gasteiger partial charge in [-0.2, -0.15) is 4.98 Å². The maximum absolute atomic E-state index is 14.8. The number of benzene rings is 1. The molecule has 3 aromatic rings. The van der Waals surface area contributed by atoms with E-state index in [-0.39, 0.29) is 28.7 Å². The van der Waals surface area contributed by atoms with Crippen molar-refractivity contribution in [1.29, 1.82) is 0 Å². The van der Waals surface area contributed by atoms with Crippen molar-refractivity contribution in [2.24, 2.45) is 13.0 Å². The Bertz CT molecular complexity index is 1180. The predicted molar refractivity (Wildman–Crippen MR) is 112 cm³/mol. The SMILES string of the molecule is CN1C[C@H]2CC[C@@H]1[C@@H](F)[C@@H]2Oc1nnc(-c2ccc(-c3ncn(C)c(=O)n3)cc2O)s1. The number of phenolic OH excluding ortho intramolecular Hbond substituents is 1. The number of hydrogen-bond donors (Lipinski definition) is 1. The van der Waals surface area contributed by atoms with Crippen LogP contribution in [0.15, 0.2) is 29.3 Å². The van der Waals surface area contributed by atoms with Gasteiger partial charge in [0.1, 0.15) is 18.2 Å². The summed E-state index contributed by atoms with van der Waals surface area (Å²) in [5.74, 6) is 0.298. The lowest BCUT2D eigenvalue weighted by Crippen LogP contribution is -2.61. The standard InChI is InChI=1S/C20H21FN6O3S/c1-26-8-11-4-6-13(26)15(21)16(11)30-20-25-24-18(31-20)12-5-3-10(7-14(12)28)17-22-9-27(2)19(29)23-17/h3,5,7,9,11,13,15-16,28H,4,6,8H2,1-2H3/t11-,13-,15-,16-/m1/s1. The number of halogens is 1. The first-order valence-corrected chi connectivity index (χ1v) is 10.8. The van der Waals surface area contributed by atoms with Gasteiger partial charge in [-0.25, -0.2) is 14.2 Å². The molecule has 0 amide bonds. The van der Waals surface area contributed by atoms with Crippen LogP contribution in [0.3, 0.4) is 0 Å². The van der Waals surface area contributed by atoms with Gasteiger partial charge in [-0.1, -0.05) is 22.5 Å². The third kappa shape index (κ3) is 3.57. The van der Waals surface area contributed by atoms with E-state index in [0.29, 0.717) is 16.1 Å². The molecule has 1 aromatic carbocycles. The molecule has 0 unspecified atom stereocenters.